The lowest BCUT2D eigenvalue weighted by molar-refractivity contribution is -0.0348. The Bertz CT molecular complexity index is 866. The molecule has 2 aromatic rings. The summed E-state index contributed by atoms with van der Waals surface area (Å²) in [7, 11) is 1.62. The average Bonchev–Trinajstić information content (AvgIpc) is 2.72. The molecule has 2 heterocycles. The minimum Gasteiger partial charge on any atom is -0.497 e. The third-order valence-electron chi connectivity index (χ3n) is 6.52. The van der Waals surface area contributed by atoms with Gasteiger partial charge < -0.3 is 9.47 Å². The van der Waals surface area contributed by atoms with Crippen molar-refractivity contribution in [3.8, 4) is 5.75 Å². The van der Waals surface area contributed by atoms with Gasteiger partial charge in [0.25, 0.3) is 0 Å². The number of nitrogens with one attached hydrogen (secondary N) is 1. The van der Waals surface area contributed by atoms with Gasteiger partial charge in [-0.1, -0.05) is 42.3 Å². The van der Waals surface area contributed by atoms with E-state index in [0.29, 0.717) is 12.1 Å². The number of nitrogens with zero attached hydrogens (tertiary/aromatic N) is 1. The van der Waals surface area contributed by atoms with E-state index >= 15 is 0 Å². The highest BCUT2D eigenvalue weighted by atomic mass is 16.6. The van der Waals surface area contributed by atoms with Crippen LogP contribution >= 0.6 is 0 Å². The van der Waals surface area contributed by atoms with E-state index in [1.165, 1.54) is 30.4 Å². The van der Waals surface area contributed by atoms with Crippen molar-refractivity contribution in [3.63, 3.8) is 0 Å². The van der Waals surface area contributed by atoms with E-state index in [1.54, 1.807) is 7.11 Å². The Hall–Kier alpha value is -2.53. The first-order chi connectivity index (χ1) is 14.5. The fourth-order valence-corrected chi connectivity index (χ4v) is 4.84. The Kier molecular flexibility index (Phi) is 6.28. The van der Waals surface area contributed by atoms with Crippen LogP contribution in [0.3, 0.4) is 0 Å². The number of carbonyl (C=O) groups is 1. The molecular formula is C25H32N2O3. The largest absolute Gasteiger partial charge is 0.497 e. The first-order valence-corrected chi connectivity index (χ1v) is 11.0. The molecule has 2 atom stereocenters. The fourth-order valence-electron chi connectivity index (χ4n) is 4.84. The highest BCUT2D eigenvalue weighted by Crippen LogP contribution is 2.36. The van der Waals surface area contributed by atoms with Crippen molar-refractivity contribution in [1.29, 1.82) is 0 Å². The Balaban J connectivity index is 1.37. The summed E-state index contributed by atoms with van der Waals surface area (Å²) < 4.78 is 11.1. The number of hydrogen-bond donors (Lipinski definition) is 1. The summed E-state index contributed by atoms with van der Waals surface area (Å²) in [4.78, 5) is 15.2. The maximum atomic E-state index is 12.6. The second kappa shape index (κ2) is 9.09. The lowest BCUT2D eigenvalue weighted by Gasteiger charge is -2.48. The van der Waals surface area contributed by atoms with E-state index in [9.17, 15) is 4.79 Å². The number of piperidine rings is 2. The Labute approximate surface area is 179 Å². The minimum atomic E-state index is -0.374. The molecule has 4 rings (SSSR count). The van der Waals surface area contributed by atoms with Gasteiger partial charge in [-0.3, -0.25) is 10.2 Å². The van der Waals surface area contributed by atoms with E-state index in [1.807, 2.05) is 25.1 Å². The van der Waals surface area contributed by atoms with Gasteiger partial charge >= 0.3 is 6.09 Å². The predicted octanol–water partition coefficient (Wildman–Crippen LogP) is 5.45. The number of anilines is 1. The minimum absolute atomic E-state index is 0.0273. The number of methoxy groups -OCH3 is 1. The summed E-state index contributed by atoms with van der Waals surface area (Å²) in [6, 6.07) is 15.5. The topological polar surface area (TPSA) is 50.8 Å². The summed E-state index contributed by atoms with van der Waals surface area (Å²) >= 11 is 0. The maximum absolute atomic E-state index is 12.6. The first kappa shape index (κ1) is 20.7. The van der Waals surface area contributed by atoms with Crippen LogP contribution in [0.5, 0.6) is 5.75 Å². The monoisotopic (exact) mass is 408 g/mol. The molecule has 2 aliphatic rings. The van der Waals surface area contributed by atoms with Gasteiger partial charge in [0.15, 0.2) is 0 Å². The maximum Gasteiger partial charge on any atom is 0.411 e. The van der Waals surface area contributed by atoms with Gasteiger partial charge in [0.1, 0.15) is 11.9 Å². The number of carbonyl (C=O) groups excluding carboxylic acids is 1. The van der Waals surface area contributed by atoms with Gasteiger partial charge in [-0.05, 0) is 43.9 Å². The van der Waals surface area contributed by atoms with Gasteiger partial charge in [0.05, 0.1) is 12.8 Å². The second-order valence-corrected chi connectivity index (χ2v) is 8.70. The summed E-state index contributed by atoms with van der Waals surface area (Å²) in [5.41, 5.74) is 4.38. The summed E-state index contributed by atoms with van der Waals surface area (Å²) in [6.45, 7) is 5.07. The Morgan fingerprint density at radius 1 is 1.07 bits per heavy atom. The van der Waals surface area contributed by atoms with Crippen LogP contribution < -0.4 is 10.1 Å². The molecule has 0 saturated carbocycles. The number of amides is 1. The highest BCUT2D eigenvalue weighted by Gasteiger charge is 2.39. The molecule has 0 spiro atoms. The highest BCUT2D eigenvalue weighted by molar-refractivity contribution is 5.86. The normalized spacial score (nSPS) is 23.6. The average molecular weight is 409 g/mol. The molecule has 160 valence electrons. The number of ether oxygens (including phenoxy) is 2. The lowest BCUT2D eigenvalue weighted by Crippen LogP contribution is -2.53. The van der Waals surface area contributed by atoms with Gasteiger partial charge in [-0.2, -0.15) is 0 Å². The Morgan fingerprint density at radius 3 is 2.43 bits per heavy atom. The molecule has 2 aromatic carbocycles. The van der Waals surface area contributed by atoms with Crippen LogP contribution in [-0.4, -0.2) is 36.3 Å². The molecule has 0 aliphatic carbocycles. The van der Waals surface area contributed by atoms with Crippen LogP contribution in [0.15, 0.2) is 42.5 Å². The molecular weight excluding hydrogens is 376 g/mol. The molecule has 5 heteroatoms. The smallest absolute Gasteiger partial charge is 0.411 e. The zero-order valence-corrected chi connectivity index (χ0v) is 18.2. The van der Waals surface area contributed by atoms with Crippen LogP contribution in [0, 0.1) is 13.8 Å². The second-order valence-electron chi connectivity index (χ2n) is 8.70. The zero-order valence-electron chi connectivity index (χ0n) is 18.2. The first-order valence-electron chi connectivity index (χ1n) is 11.0. The molecule has 5 nitrogen and oxygen atoms in total. The number of aryl methyl sites for hydroxylation is 2. The molecule has 1 amide bonds. The molecule has 2 aliphatic heterocycles. The van der Waals surface area contributed by atoms with Crippen molar-refractivity contribution in [2.45, 2.75) is 70.7 Å². The summed E-state index contributed by atoms with van der Waals surface area (Å²) in [5.74, 6) is 0.717. The van der Waals surface area contributed by atoms with Crippen LogP contribution in [0.4, 0.5) is 10.5 Å². The predicted molar refractivity (Wildman–Crippen MR) is 119 cm³/mol. The summed E-state index contributed by atoms with van der Waals surface area (Å²) in [5, 5.41) is 2.90. The zero-order chi connectivity index (χ0) is 21.1. The quantitative estimate of drug-likeness (QED) is 0.715. The van der Waals surface area contributed by atoms with Gasteiger partial charge in [-0.25, -0.2) is 4.79 Å². The van der Waals surface area contributed by atoms with Crippen molar-refractivity contribution in [2.24, 2.45) is 0 Å². The van der Waals surface area contributed by atoms with Crippen molar-refractivity contribution in [2.75, 3.05) is 12.4 Å². The molecule has 0 aromatic heterocycles. The van der Waals surface area contributed by atoms with Crippen LogP contribution in [0.1, 0.15) is 48.8 Å². The van der Waals surface area contributed by atoms with Crippen molar-refractivity contribution in [3.05, 3.63) is 59.2 Å². The molecule has 2 saturated heterocycles. The van der Waals surface area contributed by atoms with Crippen molar-refractivity contribution < 1.29 is 14.3 Å². The lowest BCUT2D eigenvalue weighted by atomic mass is 9.82. The number of benzene rings is 2. The standard InChI is InChI=1S/C25H32N2O3/c1-17-7-10-19(11-8-17)16-27-20-5-4-6-21(27)14-23(13-20)30-25(28)26-24-15-22(29-3)12-9-18(24)2/h7-12,15,20-21,23H,4-6,13-14,16H2,1-3H3,(H,26,28). The van der Waals surface area contributed by atoms with Gasteiger partial charge in [-0.15, -0.1) is 0 Å². The van der Waals surface area contributed by atoms with E-state index < -0.39 is 0 Å². The SMILES string of the molecule is COc1ccc(C)c(NC(=O)OC2CC3CCCC(C2)N3Cc2ccc(C)cc2)c1. The molecule has 30 heavy (non-hydrogen) atoms. The van der Waals surface area contributed by atoms with Crippen molar-refractivity contribution in [1.82, 2.24) is 4.90 Å². The molecule has 2 bridgehead atoms. The fraction of sp³-hybridized carbons (Fsp3) is 0.480. The van der Waals surface area contributed by atoms with E-state index in [2.05, 4.69) is 41.4 Å². The third-order valence-corrected chi connectivity index (χ3v) is 6.52. The van der Waals surface area contributed by atoms with Gasteiger partial charge in [0, 0.05) is 37.5 Å². The third kappa shape index (κ3) is 4.78. The molecule has 2 fully saturated rings. The molecule has 1 N–H and O–H groups in total. The number of hydrogen-bond acceptors (Lipinski definition) is 4. The van der Waals surface area contributed by atoms with Crippen LogP contribution in [-0.2, 0) is 11.3 Å². The number of fused-ring (bicyclic) bond motifs is 2. The van der Waals surface area contributed by atoms with E-state index in [0.717, 1.165) is 36.4 Å². The van der Waals surface area contributed by atoms with Crippen LogP contribution in [0.25, 0.3) is 0 Å². The molecule has 0 radical (unpaired) electrons. The van der Waals surface area contributed by atoms with E-state index in [4.69, 9.17) is 9.47 Å². The van der Waals surface area contributed by atoms with Gasteiger partial charge in [0.2, 0.25) is 0 Å². The van der Waals surface area contributed by atoms with E-state index in [-0.39, 0.29) is 12.2 Å². The Morgan fingerprint density at radius 2 is 1.77 bits per heavy atom. The number of rotatable bonds is 5. The van der Waals surface area contributed by atoms with Crippen LogP contribution in [0.2, 0.25) is 0 Å². The summed E-state index contributed by atoms with van der Waals surface area (Å²) in [6.07, 6.45) is 5.04. The molecule has 2 unspecified atom stereocenters. The van der Waals surface area contributed by atoms with Crippen molar-refractivity contribution >= 4 is 11.8 Å².